The monoisotopic (exact) mass is 451 g/mol. The number of fused-ring (bicyclic) bond motifs is 1. The number of pyridine rings is 1. The fraction of sp³-hybridized carbons (Fsp3) is 0.0690. The number of aromatic nitrogens is 1. The molecule has 4 heteroatoms. The van der Waals surface area contributed by atoms with Gasteiger partial charge in [0.25, 0.3) is 0 Å². The van der Waals surface area contributed by atoms with Crippen molar-refractivity contribution in [2.24, 2.45) is 0 Å². The molecule has 0 radical (unpaired) electrons. The van der Waals surface area contributed by atoms with Gasteiger partial charge in [-0.25, -0.2) is 4.98 Å². The van der Waals surface area contributed by atoms with Crippen LogP contribution < -0.4 is 9.47 Å². The standard InChI is InChI=1S/C29H22ClNO2/c30-29-27(23-11-14-25(15-12-23)32-19-21-7-3-1-4-8-21)17-24-13-16-26(18-28(24)31-29)33-20-22-9-5-2-6-10-22/h1-18H,19-20H2. The molecule has 33 heavy (non-hydrogen) atoms. The molecular formula is C29H22ClNO2. The lowest BCUT2D eigenvalue weighted by molar-refractivity contribution is 0.306. The molecule has 0 atom stereocenters. The van der Waals surface area contributed by atoms with Crippen molar-refractivity contribution in [1.82, 2.24) is 4.98 Å². The van der Waals surface area contributed by atoms with E-state index in [1.807, 2.05) is 103 Å². The van der Waals surface area contributed by atoms with Gasteiger partial charge in [-0.15, -0.1) is 0 Å². The summed E-state index contributed by atoms with van der Waals surface area (Å²) in [5.74, 6) is 1.58. The van der Waals surface area contributed by atoms with Gasteiger partial charge in [0.05, 0.1) is 5.52 Å². The molecular weight excluding hydrogens is 430 g/mol. The predicted octanol–water partition coefficient (Wildman–Crippen LogP) is 7.71. The van der Waals surface area contributed by atoms with E-state index >= 15 is 0 Å². The summed E-state index contributed by atoms with van der Waals surface area (Å²) in [5, 5.41) is 1.46. The average molecular weight is 452 g/mol. The molecule has 5 rings (SSSR count). The second-order valence-corrected chi connectivity index (χ2v) is 8.11. The molecule has 0 spiro atoms. The first kappa shape index (κ1) is 21.0. The molecule has 5 aromatic rings. The van der Waals surface area contributed by atoms with Crippen LogP contribution in [0.15, 0.2) is 109 Å². The zero-order chi connectivity index (χ0) is 22.5. The van der Waals surface area contributed by atoms with E-state index in [0.29, 0.717) is 18.4 Å². The van der Waals surface area contributed by atoms with E-state index in [0.717, 1.165) is 44.7 Å². The highest BCUT2D eigenvalue weighted by molar-refractivity contribution is 6.32. The van der Waals surface area contributed by atoms with Gasteiger partial charge in [-0.05, 0) is 47.0 Å². The van der Waals surface area contributed by atoms with Crippen molar-refractivity contribution in [1.29, 1.82) is 0 Å². The highest BCUT2D eigenvalue weighted by Crippen LogP contribution is 2.32. The number of ether oxygens (including phenoxy) is 2. The van der Waals surface area contributed by atoms with Crippen molar-refractivity contribution in [2.75, 3.05) is 0 Å². The van der Waals surface area contributed by atoms with E-state index in [9.17, 15) is 0 Å². The van der Waals surface area contributed by atoms with Crippen LogP contribution in [0.25, 0.3) is 22.0 Å². The number of nitrogens with zero attached hydrogens (tertiary/aromatic N) is 1. The number of benzene rings is 4. The predicted molar refractivity (Wildman–Crippen MR) is 134 cm³/mol. The third-order valence-corrected chi connectivity index (χ3v) is 5.69. The minimum absolute atomic E-state index is 0.459. The van der Waals surface area contributed by atoms with Gasteiger partial charge in [0.15, 0.2) is 0 Å². The van der Waals surface area contributed by atoms with Crippen molar-refractivity contribution in [2.45, 2.75) is 13.2 Å². The Bertz CT molecular complexity index is 1350. The summed E-state index contributed by atoms with van der Waals surface area (Å²) < 4.78 is 11.8. The molecule has 3 nitrogen and oxygen atoms in total. The zero-order valence-corrected chi connectivity index (χ0v) is 18.7. The smallest absolute Gasteiger partial charge is 0.137 e. The quantitative estimate of drug-likeness (QED) is 0.237. The molecule has 0 aliphatic carbocycles. The van der Waals surface area contributed by atoms with Crippen LogP contribution >= 0.6 is 11.6 Å². The van der Waals surface area contributed by atoms with Crippen molar-refractivity contribution in [3.8, 4) is 22.6 Å². The molecule has 162 valence electrons. The van der Waals surface area contributed by atoms with Crippen molar-refractivity contribution in [3.63, 3.8) is 0 Å². The summed E-state index contributed by atoms with van der Waals surface area (Å²) in [6.07, 6.45) is 0. The van der Waals surface area contributed by atoms with Crippen molar-refractivity contribution < 1.29 is 9.47 Å². The molecule has 1 aromatic heterocycles. The van der Waals surface area contributed by atoms with Crippen LogP contribution in [0.1, 0.15) is 11.1 Å². The second kappa shape index (κ2) is 9.76. The molecule has 0 aliphatic heterocycles. The summed E-state index contributed by atoms with van der Waals surface area (Å²) in [7, 11) is 0. The second-order valence-electron chi connectivity index (χ2n) is 7.75. The summed E-state index contributed by atoms with van der Waals surface area (Å²) >= 11 is 6.56. The molecule has 0 fully saturated rings. The number of halogens is 1. The number of hydrogen-bond acceptors (Lipinski definition) is 3. The summed E-state index contributed by atoms with van der Waals surface area (Å²) in [5.41, 5.74) is 4.94. The van der Waals surface area contributed by atoms with Crippen molar-refractivity contribution >= 4 is 22.5 Å². The molecule has 0 aliphatic rings. The molecule has 0 N–H and O–H groups in total. The topological polar surface area (TPSA) is 31.4 Å². The highest BCUT2D eigenvalue weighted by Gasteiger charge is 2.09. The largest absolute Gasteiger partial charge is 0.489 e. The number of hydrogen-bond donors (Lipinski definition) is 0. The molecule has 1 heterocycles. The highest BCUT2D eigenvalue weighted by atomic mass is 35.5. The first-order valence-corrected chi connectivity index (χ1v) is 11.2. The first-order chi connectivity index (χ1) is 16.2. The van der Waals surface area contributed by atoms with Crippen LogP contribution in [0.2, 0.25) is 5.15 Å². The van der Waals surface area contributed by atoms with Crippen LogP contribution in [-0.4, -0.2) is 4.98 Å². The minimum atomic E-state index is 0.459. The van der Waals surface area contributed by atoms with Gasteiger partial charge in [-0.2, -0.15) is 0 Å². The minimum Gasteiger partial charge on any atom is -0.489 e. The van der Waals surface area contributed by atoms with E-state index in [1.165, 1.54) is 0 Å². The van der Waals surface area contributed by atoms with Crippen LogP contribution in [0.3, 0.4) is 0 Å². The SMILES string of the molecule is Clc1nc2cc(OCc3ccccc3)ccc2cc1-c1ccc(OCc2ccccc2)cc1. The maximum Gasteiger partial charge on any atom is 0.137 e. The lowest BCUT2D eigenvalue weighted by Crippen LogP contribution is -1.95. The fourth-order valence-electron chi connectivity index (χ4n) is 3.63. The molecule has 0 saturated heterocycles. The van der Waals surface area contributed by atoms with E-state index < -0.39 is 0 Å². The number of rotatable bonds is 7. The fourth-order valence-corrected chi connectivity index (χ4v) is 3.88. The lowest BCUT2D eigenvalue weighted by Gasteiger charge is -2.11. The summed E-state index contributed by atoms with van der Waals surface area (Å²) in [6, 6.07) is 36.1. The van der Waals surface area contributed by atoms with Crippen LogP contribution in [0.5, 0.6) is 11.5 Å². The Morgan fingerprint density at radius 2 is 1.18 bits per heavy atom. The summed E-state index contributed by atoms with van der Waals surface area (Å²) in [4.78, 5) is 4.62. The Balaban J connectivity index is 1.31. The third kappa shape index (κ3) is 5.16. The molecule has 4 aromatic carbocycles. The average Bonchev–Trinajstić information content (AvgIpc) is 2.87. The Morgan fingerprint density at radius 1 is 0.606 bits per heavy atom. The molecule has 0 amide bonds. The van der Waals surface area contributed by atoms with Gasteiger partial charge < -0.3 is 9.47 Å². The Kier molecular flexibility index (Phi) is 6.23. The van der Waals surface area contributed by atoms with E-state index in [2.05, 4.69) is 11.1 Å². The van der Waals surface area contributed by atoms with Gasteiger partial charge in [0.2, 0.25) is 0 Å². The van der Waals surface area contributed by atoms with Crippen LogP contribution in [0, 0.1) is 0 Å². The first-order valence-electron chi connectivity index (χ1n) is 10.8. The van der Waals surface area contributed by atoms with Crippen LogP contribution in [-0.2, 0) is 13.2 Å². The van der Waals surface area contributed by atoms with Gasteiger partial charge >= 0.3 is 0 Å². The third-order valence-electron chi connectivity index (χ3n) is 5.40. The Morgan fingerprint density at radius 3 is 1.82 bits per heavy atom. The normalized spacial score (nSPS) is 10.8. The van der Waals surface area contributed by atoms with Crippen LogP contribution in [0.4, 0.5) is 0 Å². The Hall–Kier alpha value is -3.82. The van der Waals surface area contributed by atoms with Gasteiger partial charge in [-0.1, -0.05) is 84.4 Å². The lowest BCUT2D eigenvalue weighted by atomic mass is 10.1. The van der Waals surface area contributed by atoms with E-state index in [1.54, 1.807) is 0 Å². The summed E-state index contributed by atoms with van der Waals surface area (Å²) in [6.45, 7) is 1.05. The van der Waals surface area contributed by atoms with E-state index in [-0.39, 0.29) is 0 Å². The van der Waals surface area contributed by atoms with Crippen molar-refractivity contribution in [3.05, 3.63) is 125 Å². The molecule has 0 saturated carbocycles. The van der Waals surface area contributed by atoms with Gasteiger partial charge in [-0.3, -0.25) is 0 Å². The molecule has 0 unspecified atom stereocenters. The van der Waals surface area contributed by atoms with E-state index in [4.69, 9.17) is 21.1 Å². The Labute approximate surface area is 198 Å². The molecule has 0 bridgehead atoms. The zero-order valence-electron chi connectivity index (χ0n) is 17.9. The maximum atomic E-state index is 6.56. The van der Waals surface area contributed by atoms with Gasteiger partial charge in [0, 0.05) is 17.0 Å². The van der Waals surface area contributed by atoms with Gasteiger partial charge in [0.1, 0.15) is 29.9 Å². The maximum absolute atomic E-state index is 6.56.